The smallest absolute Gasteiger partial charge is 0.267 e. The molecule has 6 nitrogen and oxygen atoms in total. The lowest BCUT2D eigenvalue weighted by Gasteiger charge is -2.26. The SMILES string of the molecule is C/C(=N\NC(=O)c1ccccc1N(Cc1ccc(Cl)cc1)S(=O)(=O)c1ccc(C)cc1)c1cccc(Br)c1. The van der Waals surface area contributed by atoms with E-state index in [2.05, 4.69) is 26.5 Å². The first-order valence-electron chi connectivity index (χ1n) is 11.7. The van der Waals surface area contributed by atoms with Crippen LogP contribution in [0, 0.1) is 6.92 Å². The average molecular weight is 611 g/mol. The van der Waals surface area contributed by atoms with E-state index in [0.717, 1.165) is 15.6 Å². The lowest BCUT2D eigenvalue weighted by molar-refractivity contribution is 0.0955. The van der Waals surface area contributed by atoms with Crippen molar-refractivity contribution in [2.24, 2.45) is 5.10 Å². The zero-order valence-corrected chi connectivity index (χ0v) is 23.9. The lowest BCUT2D eigenvalue weighted by atomic mass is 10.1. The summed E-state index contributed by atoms with van der Waals surface area (Å²) in [5.41, 5.74) is 6.06. The number of para-hydroxylation sites is 1. The second kappa shape index (κ2) is 11.9. The van der Waals surface area contributed by atoms with E-state index in [4.69, 9.17) is 11.6 Å². The summed E-state index contributed by atoms with van der Waals surface area (Å²) in [6.45, 7) is 3.67. The highest BCUT2D eigenvalue weighted by Gasteiger charge is 2.28. The fourth-order valence-corrected chi connectivity index (χ4v) is 5.75. The van der Waals surface area contributed by atoms with Gasteiger partial charge in [-0.05, 0) is 73.5 Å². The number of sulfonamides is 1. The molecule has 9 heteroatoms. The van der Waals surface area contributed by atoms with E-state index in [-0.39, 0.29) is 22.7 Å². The van der Waals surface area contributed by atoms with Crippen molar-refractivity contribution in [3.8, 4) is 0 Å². The molecule has 1 N–H and O–H groups in total. The summed E-state index contributed by atoms with van der Waals surface area (Å²) >= 11 is 9.48. The molecular formula is C29H25BrClN3O3S. The molecule has 0 atom stereocenters. The maximum atomic E-state index is 13.9. The number of nitrogens with zero attached hydrogens (tertiary/aromatic N) is 2. The van der Waals surface area contributed by atoms with Crippen LogP contribution in [0.25, 0.3) is 0 Å². The van der Waals surface area contributed by atoms with Crippen molar-refractivity contribution >= 4 is 54.9 Å². The number of anilines is 1. The van der Waals surface area contributed by atoms with Gasteiger partial charge in [-0.15, -0.1) is 0 Å². The van der Waals surface area contributed by atoms with Gasteiger partial charge in [-0.3, -0.25) is 9.10 Å². The van der Waals surface area contributed by atoms with Gasteiger partial charge in [0, 0.05) is 9.50 Å². The Morgan fingerprint density at radius 3 is 2.32 bits per heavy atom. The molecule has 0 radical (unpaired) electrons. The maximum absolute atomic E-state index is 13.9. The van der Waals surface area contributed by atoms with Crippen LogP contribution in [0.1, 0.15) is 34.0 Å². The van der Waals surface area contributed by atoms with Crippen molar-refractivity contribution in [3.05, 3.63) is 129 Å². The van der Waals surface area contributed by atoms with Gasteiger partial charge in [-0.1, -0.05) is 81.6 Å². The van der Waals surface area contributed by atoms with Crippen LogP contribution in [0.3, 0.4) is 0 Å². The molecule has 0 saturated carbocycles. The number of rotatable bonds is 8. The number of amides is 1. The van der Waals surface area contributed by atoms with E-state index in [1.807, 2.05) is 31.2 Å². The number of benzene rings is 4. The Kier molecular flexibility index (Phi) is 8.66. The van der Waals surface area contributed by atoms with Crippen LogP contribution >= 0.6 is 27.5 Å². The third-order valence-corrected chi connectivity index (χ3v) is 8.35. The first kappa shape index (κ1) is 27.6. The number of halogens is 2. The number of hydrazone groups is 1. The van der Waals surface area contributed by atoms with Crippen LogP contribution in [-0.2, 0) is 16.6 Å². The molecule has 0 aliphatic heterocycles. The fourth-order valence-electron chi connectivity index (χ4n) is 3.75. The molecule has 38 heavy (non-hydrogen) atoms. The van der Waals surface area contributed by atoms with E-state index in [0.29, 0.717) is 16.3 Å². The molecule has 194 valence electrons. The summed E-state index contributed by atoms with van der Waals surface area (Å²) in [7, 11) is -4.03. The Balaban J connectivity index is 1.73. The molecule has 0 saturated heterocycles. The molecule has 0 fully saturated rings. The summed E-state index contributed by atoms with van der Waals surface area (Å²) in [4.78, 5) is 13.4. The van der Waals surface area contributed by atoms with Crippen LogP contribution in [0.15, 0.2) is 112 Å². The van der Waals surface area contributed by atoms with Gasteiger partial charge in [-0.2, -0.15) is 5.10 Å². The molecule has 4 aromatic rings. The van der Waals surface area contributed by atoms with Crippen LogP contribution in [0.5, 0.6) is 0 Å². The predicted molar refractivity (Wildman–Crippen MR) is 156 cm³/mol. The van der Waals surface area contributed by atoms with Gasteiger partial charge >= 0.3 is 0 Å². The second-order valence-corrected chi connectivity index (χ2v) is 11.8. The molecular weight excluding hydrogens is 586 g/mol. The zero-order valence-electron chi connectivity index (χ0n) is 20.7. The minimum Gasteiger partial charge on any atom is -0.267 e. The summed E-state index contributed by atoms with van der Waals surface area (Å²) in [5, 5.41) is 4.79. The van der Waals surface area contributed by atoms with Gasteiger partial charge in [0.25, 0.3) is 15.9 Å². The van der Waals surface area contributed by atoms with Gasteiger partial charge in [0.2, 0.25) is 0 Å². The number of hydrogen-bond acceptors (Lipinski definition) is 4. The number of nitrogens with one attached hydrogen (secondary N) is 1. The van der Waals surface area contributed by atoms with Gasteiger partial charge in [0.05, 0.1) is 28.4 Å². The zero-order chi connectivity index (χ0) is 27.3. The van der Waals surface area contributed by atoms with Crippen LogP contribution < -0.4 is 9.73 Å². The molecule has 0 heterocycles. The predicted octanol–water partition coefficient (Wildman–Crippen LogP) is 6.96. The normalized spacial score (nSPS) is 11.7. The molecule has 4 rings (SSSR count). The third kappa shape index (κ3) is 6.51. The highest BCUT2D eigenvalue weighted by Crippen LogP contribution is 2.30. The first-order chi connectivity index (χ1) is 18.1. The van der Waals surface area contributed by atoms with Crippen molar-refractivity contribution < 1.29 is 13.2 Å². The quantitative estimate of drug-likeness (QED) is 0.173. The third-order valence-electron chi connectivity index (χ3n) is 5.83. The molecule has 0 aliphatic carbocycles. The Hall–Kier alpha value is -3.46. The average Bonchev–Trinajstić information content (AvgIpc) is 2.91. The summed E-state index contributed by atoms with van der Waals surface area (Å²) in [5.74, 6) is -0.532. The van der Waals surface area contributed by atoms with Gasteiger partial charge in [0.15, 0.2) is 0 Å². The number of hydrogen-bond donors (Lipinski definition) is 1. The van der Waals surface area contributed by atoms with E-state index in [1.165, 1.54) is 4.31 Å². The molecule has 0 bridgehead atoms. The van der Waals surface area contributed by atoms with Crippen LogP contribution in [-0.4, -0.2) is 20.0 Å². The number of aryl methyl sites for hydroxylation is 1. The number of carbonyl (C=O) groups excluding carboxylic acids is 1. The van der Waals surface area contributed by atoms with Crippen LogP contribution in [0.4, 0.5) is 5.69 Å². The molecule has 0 spiro atoms. The highest BCUT2D eigenvalue weighted by atomic mass is 79.9. The summed E-state index contributed by atoms with van der Waals surface area (Å²) in [6.07, 6.45) is 0. The van der Waals surface area contributed by atoms with E-state index in [1.54, 1.807) is 79.7 Å². The second-order valence-electron chi connectivity index (χ2n) is 8.62. The standard InChI is InChI=1S/C29H25BrClN3O3S/c1-20-10-16-26(17-11-20)38(36,37)34(19-22-12-14-25(31)15-13-22)28-9-4-3-8-27(28)29(35)33-32-21(2)23-6-5-7-24(30)18-23/h3-18H,19H2,1-2H3,(H,33,35)/b32-21+. The van der Waals surface area contributed by atoms with Gasteiger partial charge in [-0.25, -0.2) is 13.8 Å². The lowest BCUT2D eigenvalue weighted by Crippen LogP contribution is -2.33. The molecule has 0 unspecified atom stereocenters. The Bertz CT molecular complexity index is 1590. The van der Waals surface area contributed by atoms with Crippen molar-refractivity contribution in [2.75, 3.05) is 4.31 Å². The Morgan fingerprint density at radius 2 is 1.63 bits per heavy atom. The van der Waals surface area contributed by atoms with Crippen LogP contribution in [0.2, 0.25) is 5.02 Å². The van der Waals surface area contributed by atoms with Crippen molar-refractivity contribution in [2.45, 2.75) is 25.3 Å². The maximum Gasteiger partial charge on any atom is 0.273 e. The topological polar surface area (TPSA) is 78.8 Å². The van der Waals surface area contributed by atoms with Crippen molar-refractivity contribution in [1.82, 2.24) is 5.43 Å². The monoisotopic (exact) mass is 609 g/mol. The highest BCUT2D eigenvalue weighted by molar-refractivity contribution is 9.10. The Labute approximate surface area is 236 Å². The van der Waals surface area contributed by atoms with Crippen molar-refractivity contribution in [3.63, 3.8) is 0 Å². The van der Waals surface area contributed by atoms with E-state index < -0.39 is 15.9 Å². The van der Waals surface area contributed by atoms with E-state index in [9.17, 15) is 13.2 Å². The summed E-state index contributed by atoms with van der Waals surface area (Å²) < 4.78 is 29.9. The molecule has 4 aromatic carbocycles. The first-order valence-corrected chi connectivity index (χ1v) is 14.3. The fraction of sp³-hybridized carbons (Fsp3) is 0.103. The van der Waals surface area contributed by atoms with Gasteiger partial charge < -0.3 is 0 Å². The Morgan fingerprint density at radius 1 is 0.947 bits per heavy atom. The molecule has 0 aliphatic rings. The summed E-state index contributed by atoms with van der Waals surface area (Å²) in [6, 6.07) is 27.6. The largest absolute Gasteiger partial charge is 0.273 e. The molecule has 1 amide bonds. The number of carbonyl (C=O) groups is 1. The minimum absolute atomic E-state index is 0.00197. The van der Waals surface area contributed by atoms with Gasteiger partial charge in [0.1, 0.15) is 0 Å². The minimum atomic E-state index is -4.03. The van der Waals surface area contributed by atoms with Crippen molar-refractivity contribution in [1.29, 1.82) is 0 Å². The van der Waals surface area contributed by atoms with E-state index >= 15 is 0 Å². The molecule has 0 aromatic heterocycles.